The van der Waals surface area contributed by atoms with Gasteiger partial charge >= 0.3 is 0 Å². The summed E-state index contributed by atoms with van der Waals surface area (Å²) in [6.45, 7) is 2.25. The lowest BCUT2D eigenvalue weighted by molar-refractivity contribution is 0.0954. The second-order valence-electron chi connectivity index (χ2n) is 6.03. The smallest absolute Gasteiger partial charge is 0.257 e. The van der Waals surface area contributed by atoms with Crippen molar-refractivity contribution in [2.24, 2.45) is 0 Å². The molecule has 2 aromatic carbocycles. The molecule has 27 heavy (non-hydrogen) atoms. The first-order valence-electron chi connectivity index (χ1n) is 8.64. The van der Waals surface area contributed by atoms with Crippen LogP contribution in [0.25, 0.3) is 11.3 Å². The zero-order valence-corrected chi connectivity index (χ0v) is 15.6. The van der Waals surface area contributed by atoms with E-state index in [4.69, 9.17) is 14.0 Å². The first-order chi connectivity index (χ1) is 13.1. The minimum absolute atomic E-state index is 0.219. The zero-order chi connectivity index (χ0) is 19.2. The number of aromatic nitrogens is 1. The standard InChI is InChI=1S/C21H22N2O4/c1-14-19(20(27-23-14)17-6-4-5-7-18(17)26-3)21(24)22-13-12-15-8-10-16(25-2)11-9-15/h4-11H,12-13H2,1-3H3,(H,22,24). The van der Waals surface area contributed by atoms with Crippen LogP contribution in [0.1, 0.15) is 21.6 Å². The Labute approximate surface area is 158 Å². The third kappa shape index (κ3) is 4.11. The number of benzene rings is 2. The minimum Gasteiger partial charge on any atom is -0.497 e. The van der Waals surface area contributed by atoms with E-state index in [0.717, 1.165) is 11.3 Å². The molecule has 1 N–H and O–H groups in total. The summed E-state index contributed by atoms with van der Waals surface area (Å²) in [4.78, 5) is 12.7. The normalized spacial score (nSPS) is 10.5. The molecule has 0 spiro atoms. The van der Waals surface area contributed by atoms with Crippen molar-refractivity contribution in [3.63, 3.8) is 0 Å². The maximum absolute atomic E-state index is 12.7. The molecule has 0 saturated heterocycles. The van der Waals surface area contributed by atoms with Gasteiger partial charge in [0.15, 0.2) is 5.76 Å². The Kier molecular flexibility index (Phi) is 5.76. The summed E-state index contributed by atoms with van der Waals surface area (Å²) in [6.07, 6.45) is 0.712. The highest BCUT2D eigenvalue weighted by molar-refractivity contribution is 6.01. The number of aryl methyl sites for hydroxylation is 1. The predicted octanol–water partition coefficient (Wildman–Crippen LogP) is 3.64. The van der Waals surface area contributed by atoms with Gasteiger partial charge in [0, 0.05) is 6.54 Å². The summed E-state index contributed by atoms with van der Waals surface area (Å²) >= 11 is 0. The van der Waals surface area contributed by atoms with Crippen molar-refractivity contribution in [3.05, 3.63) is 65.4 Å². The number of rotatable bonds is 7. The van der Waals surface area contributed by atoms with Crippen molar-refractivity contribution in [1.29, 1.82) is 0 Å². The Morgan fingerprint density at radius 3 is 2.52 bits per heavy atom. The lowest BCUT2D eigenvalue weighted by Gasteiger charge is -2.09. The number of nitrogens with zero attached hydrogens (tertiary/aromatic N) is 1. The van der Waals surface area contributed by atoms with Gasteiger partial charge in [-0.3, -0.25) is 4.79 Å². The fourth-order valence-electron chi connectivity index (χ4n) is 2.85. The number of amides is 1. The van der Waals surface area contributed by atoms with E-state index in [0.29, 0.717) is 41.3 Å². The minimum atomic E-state index is -0.219. The van der Waals surface area contributed by atoms with Crippen molar-refractivity contribution in [3.8, 4) is 22.8 Å². The van der Waals surface area contributed by atoms with Crippen molar-refractivity contribution < 1.29 is 18.8 Å². The number of hydrogen-bond acceptors (Lipinski definition) is 5. The fraction of sp³-hybridized carbons (Fsp3) is 0.238. The molecular formula is C21H22N2O4. The second-order valence-corrected chi connectivity index (χ2v) is 6.03. The summed E-state index contributed by atoms with van der Waals surface area (Å²) < 4.78 is 16.0. The number of hydrogen-bond donors (Lipinski definition) is 1. The van der Waals surface area contributed by atoms with Gasteiger partial charge in [-0.1, -0.05) is 29.4 Å². The Morgan fingerprint density at radius 1 is 1.07 bits per heavy atom. The van der Waals surface area contributed by atoms with Crippen LogP contribution in [0.15, 0.2) is 53.1 Å². The quantitative estimate of drug-likeness (QED) is 0.691. The lowest BCUT2D eigenvalue weighted by Crippen LogP contribution is -2.26. The number of methoxy groups -OCH3 is 2. The van der Waals surface area contributed by atoms with Gasteiger partial charge in [0.25, 0.3) is 5.91 Å². The van der Waals surface area contributed by atoms with Gasteiger partial charge in [-0.05, 0) is 43.2 Å². The van der Waals surface area contributed by atoms with Gasteiger partial charge < -0.3 is 19.3 Å². The van der Waals surface area contributed by atoms with Crippen LogP contribution in [0, 0.1) is 6.92 Å². The molecule has 0 bridgehead atoms. The average Bonchev–Trinajstić information content (AvgIpc) is 3.09. The molecule has 0 atom stereocenters. The first kappa shape index (κ1) is 18.5. The van der Waals surface area contributed by atoms with Crippen LogP contribution in [-0.2, 0) is 6.42 Å². The van der Waals surface area contributed by atoms with E-state index >= 15 is 0 Å². The van der Waals surface area contributed by atoms with Gasteiger partial charge in [-0.2, -0.15) is 0 Å². The summed E-state index contributed by atoms with van der Waals surface area (Å²) in [5, 5.41) is 6.91. The lowest BCUT2D eigenvalue weighted by atomic mass is 10.1. The number of nitrogens with one attached hydrogen (secondary N) is 1. The van der Waals surface area contributed by atoms with Gasteiger partial charge in [0.1, 0.15) is 17.1 Å². The molecule has 6 heteroatoms. The van der Waals surface area contributed by atoms with Gasteiger partial charge in [0.05, 0.1) is 25.5 Å². The third-order valence-electron chi connectivity index (χ3n) is 4.30. The van der Waals surface area contributed by atoms with Crippen LogP contribution in [0.4, 0.5) is 0 Å². The van der Waals surface area contributed by atoms with Gasteiger partial charge in [-0.15, -0.1) is 0 Å². The molecule has 0 fully saturated rings. The van der Waals surface area contributed by atoms with E-state index in [1.165, 1.54) is 0 Å². The topological polar surface area (TPSA) is 73.6 Å². The molecular weight excluding hydrogens is 344 g/mol. The van der Waals surface area contributed by atoms with E-state index in [1.54, 1.807) is 21.1 Å². The molecule has 0 aliphatic heterocycles. The van der Waals surface area contributed by atoms with E-state index in [-0.39, 0.29) is 5.91 Å². The molecule has 1 amide bonds. The number of ether oxygens (including phenoxy) is 2. The molecule has 0 radical (unpaired) electrons. The van der Waals surface area contributed by atoms with Crippen LogP contribution < -0.4 is 14.8 Å². The van der Waals surface area contributed by atoms with Crippen LogP contribution in [0.3, 0.4) is 0 Å². The summed E-state index contributed by atoms with van der Waals surface area (Å²) in [5.74, 6) is 1.63. The molecule has 140 valence electrons. The molecule has 0 aliphatic rings. The summed E-state index contributed by atoms with van der Waals surface area (Å²) in [7, 11) is 3.21. The number of carbonyl (C=O) groups excluding carboxylic acids is 1. The average molecular weight is 366 g/mol. The summed E-state index contributed by atoms with van der Waals surface area (Å²) in [5.41, 5.74) is 2.77. The van der Waals surface area contributed by atoms with E-state index < -0.39 is 0 Å². The predicted molar refractivity (Wildman–Crippen MR) is 102 cm³/mol. The maximum Gasteiger partial charge on any atom is 0.257 e. The highest BCUT2D eigenvalue weighted by atomic mass is 16.5. The van der Waals surface area contributed by atoms with Crippen LogP contribution >= 0.6 is 0 Å². The SMILES string of the molecule is COc1ccc(CCNC(=O)c2c(C)noc2-c2ccccc2OC)cc1. The highest BCUT2D eigenvalue weighted by Crippen LogP contribution is 2.33. The molecule has 1 aromatic heterocycles. The Bertz CT molecular complexity index is 916. The summed E-state index contributed by atoms with van der Waals surface area (Å²) in [6, 6.07) is 15.2. The van der Waals surface area contributed by atoms with Gasteiger partial charge in [-0.25, -0.2) is 0 Å². The van der Waals surface area contributed by atoms with Crippen molar-refractivity contribution >= 4 is 5.91 Å². The third-order valence-corrected chi connectivity index (χ3v) is 4.30. The maximum atomic E-state index is 12.7. The fourth-order valence-corrected chi connectivity index (χ4v) is 2.85. The largest absolute Gasteiger partial charge is 0.497 e. The Balaban J connectivity index is 1.72. The van der Waals surface area contributed by atoms with Crippen molar-refractivity contribution in [1.82, 2.24) is 10.5 Å². The molecule has 3 rings (SSSR count). The molecule has 1 heterocycles. The molecule has 6 nitrogen and oxygen atoms in total. The Hall–Kier alpha value is -3.28. The van der Waals surface area contributed by atoms with Crippen molar-refractivity contribution in [2.45, 2.75) is 13.3 Å². The molecule has 0 saturated carbocycles. The highest BCUT2D eigenvalue weighted by Gasteiger charge is 2.23. The Morgan fingerprint density at radius 2 is 1.81 bits per heavy atom. The molecule has 0 aliphatic carbocycles. The van der Waals surface area contributed by atoms with Crippen molar-refractivity contribution in [2.75, 3.05) is 20.8 Å². The van der Waals surface area contributed by atoms with E-state index in [1.807, 2.05) is 48.5 Å². The van der Waals surface area contributed by atoms with E-state index in [2.05, 4.69) is 10.5 Å². The number of para-hydroxylation sites is 1. The monoisotopic (exact) mass is 366 g/mol. The zero-order valence-electron chi connectivity index (χ0n) is 15.6. The van der Waals surface area contributed by atoms with Crippen LogP contribution in [0.5, 0.6) is 11.5 Å². The van der Waals surface area contributed by atoms with E-state index in [9.17, 15) is 4.79 Å². The molecule has 0 unspecified atom stereocenters. The second kappa shape index (κ2) is 8.40. The number of carbonyl (C=O) groups is 1. The first-order valence-corrected chi connectivity index (χ1v) is 8.64. The van der Waals surface area contributed by atoms with Gasteiger partial charge in [0.2, 0.25) is 0 Å². The van der Waals surface area contributed by atoms with Crippen LogP contribution in [0.2, 0.25) is 0 Å². The van der Waals surface area contributed by atoms with Crippen LogP contribution in [-0.4, -0.2) is 31.8 Å². The molecule has 3 aromatic rings.